The third kappa shape index (κ3) is 3.67. The number of hydrogen-bond acceptors (Lipinski definition) is 2. The van der Waals surface area contributed by atoms with Gasteiger partial charge in [-0.2, -0.15) is 0 Å². The number of nitrogens with two attached hydrogens (primary N) is 1. The first-order valence-electron chi connectivity index (χ1n) is 6.52. The van der Waals surface area contributed by atoms with Crippen LogP contribution in [0.3, 0.4) is 0 Å². The molecule has 0 aromatic heterocycles. The Morgan fingerprint density at radius 3 is 2.75 bits per heavy atom. The first-order valence-corrected chi connectivity index (χ1v) is 6.52. The summed E-state index contributed by atoms with van der Waals surface area (Å²) < 4.78 is 5.54. The second-order valence-electron chi connectivity index (χ2n) is 4.82. The molecule has 2 fully saturated rings. The van der Waals surface area contributed by atoms with Crippen LogP contribution in [0.1, 0.15) is 44.9 Å². The van der Waals surface area contributed by atoms with Crippen LogP contribution in [0, 0.1) is 0 Å². The van der Waals surface area contributed by atoms with Crippen molar-refractivity contribution in [3.63, 3.8) is 0 Å². The molecule has 1 aliphatic carbocycles. The van der Waals surface area contributed by atoms with Crippen LogP contribution < -0.4 is 11.1 Å². The van der Waals surface area contributed by atoms with Crippen molar-refractivity contribution in [3.8, 4) is 0 Å². The maximum atomic E-state index is 5.84. The van der Waals surface area contributed by atoms with Crippen molar-refractivity contribution in [1.82, 2.24) is 5.32 Å². The molecule has 1 saturated carbocycles. The fourth-order valence-electron chi connectivity index (χ4n) is 2.53. The van der Waals surface area contributed by atoms with E-state index in [1.807, 2.05) is 0 Å². The lowest BCUT2D eigenvalue weighted by Gasteiger charge is -2.12. The zero-order chi connectivity index (χ0) is 11.2. The summed E-state index contributed by atoms with van der Waals surface area (Å²) in [5.41, 5.74) is 5.84. The molecule has 2 aliphatic rings. The Kier molecular flexibility index (Phi) is 4.45. The van der Waals surface area contributed by atoms with Gasteiger partial charge in [0.1, 0.15) is 0 Å². The van der Waals surface area contributed by atoms with Crippen LogP contribution in [0.15, 0.2) is 4.99 Å². The van der Waals surface area contributed by atoms with Gasteiger partial charge in [0.2, 0.25) is 0 Å². The van der Waals surface area contributed by atoms with Gasteiger partial charge in [0.05, 0.1) is 6.10 Å². The van der Waals surface area contributed by atoms with Gasteiger partial charge in [-0.15, -0.1) is 0 Å². The Balaban J connectivity index is 1.61. The van der Waals surface area contributed by atoms with E-state index in [1.54, 1.807) is 0 Å². The minimum atomic E-state index is 0.419. The number of hydrogen-bond donors (Lipinski definition) is 2. The van der Waals surface area contributed by atoms with Crippen molar-refractivity contribution in [2.45, 2.75) is 57.1 Å². The predicted molar refractivity (Wildman–Crippen MR) is 65.5 cm³/mol. The number of ether oxygens (including phenoxy) is 1. The van der Waals surface area contributed by atoms with Crippen molar-refractivity contribution < 1.29 is 4.74 Å². The molecule has 4 nitrogen and oxygen atoms in total. The Labute approximate surface area is 97.6 Å². The maximum absolute atomic E-state index is 5.84. The number of aliphatic imine (C=N–C) groups is 1. The van der Waals surface area contributed by atoms with Crippen LogP contribution in [0.2, 0.25) is 0 Å². The number of rotatable bonds is 4. The van der Waals surface area contributed by atoms with Crippen LogP contribution in [0.5, 0.6) is 0 Å². The Morgan fingerprint density at radius 2 is 2.06 bits per heavy atom. The molecule has 0 aromatic rings. The summed E-state index contributed by atoms with van der Waals surface area (Å²) in [7, 11) is 0. The lowest BCUT2D eigenvalue weighted by atomic mass is 10.2. The van der Waals surface area contributed by atoms with Gasteiger partial charge in [-0.1, -0.05) is 12.8 Å². The van der Waals surface area contributed by atoms with Gasteiger partial charge in [-0.3, -0.25) is 4.99 Å². The average Bonchev–Trinajstić information content (AvgIpc) is 2.90. The highest BCUT2D eigenvalue weighted by molar-refractivity contribution is 5.78. The third-order valence-electron chi connectivity index (χ3n) is 3.46. The van der Waals surface area contributed by atoms with E-state index in [4.69, 9.17) is 10.5 Å². The second-order valence-corrected chi connectivity index (χ2v) is 4.82. The molecule has 0 aromatic carbocycles. The van der Waals surface area contributed by atoms with Gasteiger partial charge in [0.15, 0.2) is 5.96 Å². The van der Waals surface area contributed by atoms with E-state index in [0.29, 0.717) is 18.1 Å². The first kappa shape index (κ1) is 11.7. The van der Waals surface area contributed by atoms with E-state index in [0.717, 1.165) is 19.6 Å². The highest BCUT2D eigenvalue weighted by Crippen LogP contribution is 2.17. The number of guanidine groups is 1. The fraction of sp³-hybridized carbons (Fsp3) is 0.917. The highest BCUT2D eigenvalue weighted by Gasteiger charge is 2.16. The minimum absolute atomic E-state index is 0.419. The van der Waals surface area contributed by atoms with Gasteiger partial charge < -0.3 is 15.8 Å². The van der Waals surface area contributed by atoms with Crippen molar-refractivity contribution in [1.29, 1.82) is 0 Å². The van der Waals surface area contributed by atoms with Gasteiger partial charge in [-0.25, -0.2) is 0 Å². The lowest BCUT2D eigenvalue weighted by molar-refractivity contribution is 0.106. The third-order valence-corrected chi connectivity index (χ3v) is 3.46. The van der Waals surface area contributed by atoms with Crippen LogP contribution in [0.25, 0.3) is 0 Å². The molecule has 2 rings (SSSR count). The largest absolute Gasteiger partial charge is 0.378 e. The lowest BCUT2D eigenvalue weighted by Crippen LogP contribution is -2.38. The van der Waals surface area contributed by atoms with Gasteiger partial charge in [0, 0.05) is 19.2 Å². The Bertz CT molecular complexity index is 230. The molecule has 0 radical (unpaired) electrons. The average molecular weight is 225 g/mol. The maximum Gasteiger partial charge on any atom is 0.188 e. The summed E-state index contributed by atoms with van der Waals surface area (Å²) in [5, 5.41) is 3.29. The fourth-order valence-corrected chi connectivity index (χ4v) is 2.53. The van der Waals surface area contributed by atoms with E-state index in [2.05, 4.69) is 10.3 Å². The summed E-state index contributed by atoms with van der Waals surface area (Å²) >= 11 is 0. The molecule has 1 heterocycles. The van der Waals surface area contributed by atoms with Gasteiger partial charge in [-0.05, 0) is 32.1 Å². The molecule has 1 atom stereocenters. The summed E-state index contributed by atoms with van der Waals surface area (Å²) in [5.74, 6) is 0.616. The molecule has 0 bridgehead atoms. The molecule has 4 heteroatoms. The van der Waals surface area contributed by atoms with E-state index in [1.165, 1.54) is 38.5 Å². The Hall–Kier alpha value is -0.770. The summed E-state index contributed by atoms with van der Waals surface area (Å²) in [4.78, 5) is 4.35. The Morgan fingerprint density at radius 1 is 1.25 bits per heavy atom. The molecule has 0 spiro atoms. The molecule has 16 heavy (non-hydrogen) atoms. The zero-order valence-electron chi connectivity index (χ0n) is 9.95. The SMILES string of the molecule is NC(=NCCC1CCCO1)NC1CCCC1. The smallest absolute Gasteiger partial charge is 0.188 e. The van der Waals surface area contributed by atoms with Crippen LogP contribution in [0.4, 0.5) is 0 Å². The van der Waals surface area contributed by atoms with Crippen molar-refractivity contribution in [2.75, 3.05) is 13.2 Å². The molecule has 1 saturated heterocycles. The quantitative estimate of drug-likeness (QED) is 0.561. The van der Waals surface area contributed by atoms with E-state index in [-0.39, 0.29) is 0 Å². The van der Waals surface area contributed by atoms with Crippen molar-refractivity contribution in [3.05, 3.63) is 0 Å². The molecule has 3 N–H and O–H groups in total. The molecule has 1 aliphatic heterocycles. The normalized spacial score (nSPS) is 27.5. The van der Waals surface area contributed by atoms with Crippen LogP contribution in [-0.4, -0.2) is 31.3 Å². The van der Waals surface area contributed by atoms with Crippen LogP contribution >= 0.6 is 0 Å². The van der Waals surface area contributed by atoms with E-state index >= 15 is 0 Å². The zero-order valence-corrected chi connectivity index (χ0v) is 9.95. The predicted octanol–water partition coefficient (Wildman–Crippen LogP) is 1.40. The summed E-state index contributed by atoms with van der Waals surface area (Å²) in [6, 6.07) is 0.562. The number of nitrogens with one attached hydrogen (secondary N) is 1. The highest BCUT2D eigenvalue weighted by atomic mass is 16.5. The van der Waals surface area contributed by atoms with Gasteiger partial charge >= 0.3 is 0 Å². The van der Waals surface area contributed by atoms with Crippen molar-refractivity contribution in [2.24, 2.45) is 10.7 Å². The topological polar surface area (TPSA) is 59.6 Å². The summed E-state index contributed by atoms with van der Waals surface area (Å²) in [6.07, 6.45) is 8.93. The van der Waals surface area contributed by atoms with Gasteiger partial charge in [0.25, 0.3) is 0 Å². The first-order chi connectivity index (χ1) is 7.84. The standard InChI is InChI=1S/C12H23N3O/c13-12(15-10-4-1-2-5-10)14-8-7-11-6-3-9-16-11/h10-11H,1-9H2,(H3,13,14,15). The van der Waals surface area contributed by atoms with Crippen molar-refractivity contribution >= 4 is 5.96 Å². The molecule has 0 amide bonds. The monoisotopic (exact) mass is 225 g/mol. The number of nitrogens with zero attached hydrogens (tertiary/aromatic N) is 1. The molecular weight excluding hydrogens is 202 g/mol. The van der Waals surface area contributed by atoms with E-state index in [9.17, 15) is 0 Å². The molecular formula is C12H23N3O. The minimum Gasteiger partial charge on any atom is -0.378 e. The van der Waals surface area contributed by atoms with Crippen LogP contribution in [-0.2, 0) is 4.74 Å². The second kappa shape index (κ2) is 6.09. The van der Waals surface area contributed by atoms with E-state index < -0.39 is 0 Å². The molecule has 92 valence electrons. The molecule has 1 unspecified atom stereocenters. The summed E-state index contributed by atoms with van der Waals surface area (Å²) in [6.45, 7) is 1.71.